The Labute approximate surface area is 508 Å². The van der Waals surface area contributed by atoms with Crippen molar-refractivity contribution in [2.75, 3.05) is 28.4 Å². The number of methoxy groups -OCH3 is 4. The minimum absolute atomic E-state index is 0.0434. The first-order valence-electron chi connectivity index (χ1n) is 31.9. The lowest BCUT2D eigenvalue weighted by Gasteiger charge is -2.67. The van der Waals surface area contributed by atoms with Crippen molar-refractivity contribution in [3.8, 4) is 0 Å². The molecule has 5 aliphatic carbocycles. The predicted octanol–water partition coefficient (Wildman–Crippen LogP) is 5.03. The van der Waals surface area contributed by atoms with E-state index in [0.717, 1.165) is 11.1 Å². The molecule has 0 radical (unpaired) electrons. The molecule has 0 aromatic heterocycles. The lowest BCUT2D eigenvalue weighted by molar-refractivity contribution is -0.349. The van der Waals surface area contributed by atoms with Crippen LogP contribution in [0.5, 0.6) is 0 Å². The number of aliphatic hydroxyl groups excluding tert-OH is 3. The molecular formula is C64H104O22. The zero-order valence-corrected chi connectivity index (χ0v) is 53.5. The van der Waals surface area contributed by atoms with Crippen molar-refractivity contribution in [3.63, 3.8) is 0 Å². The van der Waals surface area contributed by atoms with Crippen molar-refractivity contribution in [2.24, 2.45) is 28.6 Å². The molecule has 9 aliphatic rings. The Morgan fingerprint density at radius 3 is 1.53 bits per heavy atom. The molecule has 22 heteroatoms. The van der Waals surface area contributed by atoms with E-state index in [9.17, 15) is 40.2 Å². The van der Waals surface area contributed by atoms with Crippen molar-refractivity contribution in [1.29, 1.82) is 0 Å². The van der Waals surface area contributed by atoms with Crippen molar-refractivity contribution in [2.45, 2.75) is 311 Å². The second-order valence-electron chi connectivity index (χ2n) is 27.5. The summed E-state index contributed by atoms with van der Waals surface area (Å²) in [6, 6.07) is 0. The van der Waals surface area contributed by atoms with Crippen LogP contribution in [0.4, 0.5) is 0 Å². The summed E-state index contributed by atoms with van der Waals surface area (Å²) < 4.78 is 89.5. The second kappa shape index (κ2) is 26.8. The molecule has 492 valence electrons. The van der Waals surface area contributed by atoms with Gasteiger partial charge >= 0.3 is 5.97 Å². The van der Waals surface area contributed by atoms with E-state index in [0.29, 0.717) is 57.8 Å². The van der Waals surface area contributed by atoms with Gasteiger partial charge in [-0.25, -0.2) is 4.79 Å². The van der Waals surface area contributed by atoms with Gasteiger partial charge in [-0.1, -0.05) is 51.3 Å². The van der Waals surface area contributed by atoms with E-state index in [4.69, 9.17) is 66.3 Å². The van der Waals surface area contributed by atoms with Crippen LogP contribution in [0, 0.1) is 28.6 Å². The van der Waals surface area contributed by atoms with Crippen LogP contribution in [0.1, 0.15) is 160 Å². The molecular weight excluding hydrogens is 1120 g/mol. The molecule has 0 amide bonds. The lowest BCUT2D eigenvalue weighted by Crippen LogP contribution is -2.78. The molecule has 0 aromatic carbocycles. The Hall–Kier alpha value is -2.14. The molecule has 0 bridgehead atoms. The fourth-order valence-electron chi connectivity index (χ4n) is 16.8. The fourth-order valence-corrected chi connectivity index (χ4v) is 16.8. The van der Waals surface area contributed by atoms with E-state index in [-0.39, 0.29) is 43.6 Å². The molecule has 0 spiro atoms. The van der Waals surface area contributed by atoms with Crippen LogP contribution in [0.2, 0.25) is 0 Å². The van der Waals surface area contributed by atoms with Crippen molar-refractivity contribution in [1.82, 2.24) is 0 Å². The second-order valence-corrected chi connectivity index (χ2v) is 27.5. The summed E-state index contributed by atoms with van der Waals surface area (Å²) in [7, 11) is 6.49. The Bertz CT molecular complexity index is 2390. The average molecular weight is 1230 g/mol. The van der Waals surface area contributed by atoms with Crippen LogP contribution in [-0.4, -0.2) is 223 Å². The monoisotopic (exact) mass is 1220 g/mol. The third-order valence-electron chi connectivity index (χ3n) is 22.6. The SMILES string of the molecule is CC[C@H]1C[C@@H](O[C@H]2[C@H](C)O[C@@H](O[C@H]3[C@@H](OC)C[C@H](O[C@@H]4[C@H](C)O[C@@H](O[C@H]5[C@@H](OC)C[C@H](O[C@H]6CC[C@@]7(C)C(=CC[C@]8(O)[C@@H]7C[C@@H](OC(=O)/C=C(\C)C(C)C)[C@@]7(C)[C@]8(O)CC[C@@]7(O)C(C)=O)C6)O[C@@H]5C)C[C@@H]4OC)O[C@@H]3C)C[C@H]2OC)[C@H](O)[C@@H](O)[C@@H]1O. The molecule has 22 nitrogen and oxygen atoms in total. The van der Waals surface area contributed by atoms with Gasteiger partial charge in [0, 0.05) is 66.1 Å². The number of rotatable bonds is 19. The fraction of sp³-hybridized carbons (Fsp3) is 0.906. The maximum absolute atomic E-state index is 13.6. The van der Waals surface area contributed by atoms with Gasteiger partial charge < -0.3 is 97.0 Å². The van der Waals surface area contributed by atoms with Gasteiger partial charge in [0.2, 0.25) is 0 Å². The van der Waals surface area contributed by atoms with Crippen molar-refractivity contribution in [3.05, 3.63) is 23.3 Å². The smallest absolute Gasteiger partial charge is 0.330 e. The first kappa shape index (κ1) is 68.2. The number of allylic oxidation sites excluding steroid dienone is 1. The highest BCUT2D eigenvalue weighted by Gasteiger charge is 2.81. The summed E-state index contributed by atoms with van der Waals surface area (Å²) in [6.07, 6.45) is -6.54. The largest absolute Gasteiger partial charge is 0.458 e. The van der Waals surface area contributed by atoms with E-state index in [1.165, 1.54) is 13.0 Å². The van der Waals surface area contributed by atoms with Gasteiger partial charge in [0.25, 0.3) is 0 Å². The molecule has 0 aromatic rings. The average Bonchev–Trinajstić information content (AvgIpc) is 1.35. The van der Waals surface area contributed by atoms with Gasteiger partial charge in [-0.15, -0.1) is 0 Å². The Morgan fingerprint density at radius 1 is 0.628 bits per heavy atom. The van der Waals surface area contributed by atoms with Gasteiger partial charge in [0.15, 0.2) is 30.9 Å². The van der Waals surface area contributed by atoms with Crippen LogP contribution in [-0.2, 0) is 75.9 Å². The number of fused-ring (bicyclic) bond motifs is 5. The van der Waals surface area contributed by atoms with Gasteiger partial charge in [0.05, 0.1) is 72.6 Å². The lowest BCUT2D eigenvalue weighted by atomic mass is 9.42. The predicted molar refractivity (Wildman–Crippen MR) is 308 cm³/mol. The van der Waals surface area contributed by atoms with Crippen molar-refractivity contribution >= 4 is 11.8 Å². The van der Waals surface area contributed by atoms with Gasteiger partial charge in [-0.2, -0.15) is 0 Å². The summed E-state index contributed by atoms with van der Waals surface area (Å²) in [5.74, 6) is -1.87. The molecule has 8 fully saturated rings. The first-order chi connectivity index (χ1) is 40.5. The van der Waals surface area contributed by atoms with Crippen LogP contribution in [0.15, 0.2) is 23.3 Å². The Balaban J connectivity index is 0.779. The molecule has 4 aliphatic heterocycles. The van der Waals surface area contributed by atoms with Gasteiger partial charge in [0.1, 0.15) is 59.5 Å². The maximum Gasteiger partial charge on any atom is 0.330 e. The summed E-state index contributed by atoms with van der Waals surface area (Å²) in [5, 5.41) is 70.1. The van der Waals surface area contributed by atoms with E-state index >= 15 is 0 Å². The van der Waals surface area contributed by atoms with Gasteiger partial charge in [-0.05, 0) is 117 Å². The summed E-state index contributed by atoms with van der Waals surface area (Å²) in [4.78, 5) is 27.0. The van der Waals surface area contributed by atoms with E-state index < -0.39 is 174 Å². The number of aliphatic hydroxyl groups is 6. The number of carbonyl (C=O) groups excluding carboxylic acids is 2. The number of hydrogen-bond acceptors (Lipinski definition) is 22. The molecule has 6 N–H and O–H groups in total. The molecule has 4 saturated carbocycles. The quantitative estimate of drug-likeness (QED) is 0.0562. The highest BCUT2D eigenvalue weighted by atomic mass is 16.8. The summed E-state index contributed by atoms with van der Waals surface area (Å²) in [6.45, 7) is 20.3. The molecule has 0 unspecified atom stereocenters. The number of esters is 1. The molecule has 9 rings (SSSR count). The van der Waals surface area contributed by atoms with E-state index in [2.05, 4.69) is 6.92 Å². The van der Waals surface area contributed by atoms with Gasteiger partial charge in [-0.3, -0.25) is 4.79 Å². The van der Waals surface area contributed by atoms with Crippen LogP contribution in [0.3, 0.4) is 0 Å². The number of ketones is 1. The number of hydrogen-bond donors (Lipinski definition) is 6. The highest BCUT2D eigenvalue weighted by molar-refractivity contribution is 5.87. The molecule has 4 heterocycles. The number of Topliss-reactive ketones (excluding diaryl/α,β-unsaturated/α-hetero) is 1. The maximum atomic E-state index is 13.6. The molecule has 86 heavy (non-hydrogen) atoms. The summed E-state index contributed by atoms with van der Waals surface area (Å²) in [5.41, 5.74) is -6.18. The minimum atomic E-state index is -2.04. The van der Waals surface area contributed by atoms with Crippen LogP contribution < -0.4 is 0 Å². The summed E-state index contributed by atoms with van der Waals surface area (Å²) >= 11 is 0. The normalized spacial score (nSPS) is 50.0. The van der Waals surface area contributed by atoms with Crippen LogP contribution >= 0.6 is 0 Å². The minimum Gasteiger partial charge on any atom is -0.458 e. The Morgan fingerprint density at radius 2 is 1.09 bits per heavy atom. The number of carbonyl (C=O) groups is 2. The molecule has 4 saturated heterocycles. The zero-order chi connectivity index (χ0) is 62.7. The Kier molecular flexibility index (Phi) is 21.3. The van der Waals surface area contributed by atoms with E-state index in [1.54, 1.807) is 35.4 Å². The third kappa shape index (κ3) is 12.4. The highest BCUT2D eigenvalue weighted by Crippen LogP contribution is 2.71. The van der Waals surface area contributed by atoms with E-state index in [1.807, 2.05) is 61.5 Å². The number of ether oxygens (including phenoxy) is 14. The third-order valence-corrected chi connectivity index (χ3v) is 22.6. The molecule has 29 atom stereocenters. The standard InChI is InChI=1S/C64H104O22/c1-16-38-24-41(54(68)55(69)53(38)67)82-56-33(5)78-50(27-42(56)73-12)84-58-35(7)80-52(29-44(58)75-14)86-59-36(8)79-51(28-45(59)76-15)85-57-34(6)77-49(26-43(57)74-13)81-40-18-19-60(10)39(25-40)17-20-63(71)46(60)30-47(83-48(66)23-32(4)31(2)3)61(11)62(70,37(9)65)21-22-64(61,63)72/h17,23,31,33-36,38,40-47,49-59,67-72H,16,18-22,24-30H2,1-15H3/b32-23+/t33-,34+,35+,36-,38-,40-,41+,42+,43-,44-,45-,46+,47+,49-,50-,51-,52-,53+,54-,55-,56-,57+,58+,59+,60-,61+,62+,63-,64+/m0/s1. The zero-order valence-electron chi connectivity index (χ0n) is 53.5. The van der Waals surface area contributed by atoms with Crippen LogP contribution in [0.25, 0.3) is 0 Å². The topological polar surface area (TPSA) is 285 Å². The first-order valence-corrected chi connectivity index (χ1v) is 31.9. The van der Waals surface area contributed by atoms with Crippen molar-refractivity contribution < 1.29 is 107 Å².